The van der Waals surface area contributed by atoms with Gasteiger partial charge in [0.2, 0.25) is 0 Å². The van der Waals surface area contributed by atoms with Crippen LogP contribution in [0.25, 0.3) is 21.9 Å². The molecule has 0 aliphatic heterocycles. The molecule has 1 nitrogen and oxygen atoms in total. The summed E-state index contributed by atoms with van der Waals surface area (Å²) in [6, 6.07) is 15.9. The smallest absolute Gasteiger partial charge is 0.422 e. The highest BCUT2D eigenvalue weighted by molar-refractivity contribution is 5.89. The molecule has 0 heterocycles. The Kier molecular flexibility index (Phi) is 7.26. The first kappa shape index (κ1) is 23.9. The summed E-state index contributed by atoms with van der Waals surface area (Å²) in [5, 5.41) is 0.807. The second kappa shape index (κ2) is 10.3. The van der Waals surface area contributed by atoms with Gasteiger partial charge in [0, 0.05) is 16.9 Å². The standard InChI is InChI=1S/C29H26F4O/c1-2-3-20-4-6-21(7-5-20)8-9-22-10-12-23(13-11-22)24-14-16-26-25(18-24)15-17-27(28(26)30)34-19-29(31,32)33/h2-3,10-18,20-21H,4-7,19H2,1H3/b3-2+. The fourth-order valence-corrected chi connectivity index (χ4v) is 4.38. The molecule has 4 rings (SSSR count). The molecule has 0 radical (unpaired) electrons. The van der Waals surface area contributed by atoms with Gasteiger partial charge in [0.15, 0.2) is 18.2 Å². The second-order valence-corrected chi connectivity index (χ2v) is 8.70. The number of rotatable bonds is 4. The largest absolute Gasteiger partial charge is 0.481 e. The molecule has 34 heavy (non-hydrogen) atoms. The molecular weight excluding hydrogens is 440 g/mol. The Morgan fingerprint density at radius 1 is 0.941 bits per heavy atom. The van der Waals surface area contributed by atoms with Crippen LogP contribution in [0.5, 0.6) is 5.75 Å². The van der Waals surface area contributed by atoms with Crippen LogP contribution in [0.4, 0.5) is 17.6 Å². The summed E-state index contributed by atoms with van der Waals surface area (Å²) < 4.78 is 56.4. The van der Waals surface area contributed by atoms with E-state index in [1.807, 2.05) is 30.3 Å². The van der Waals surface area contributed by atoms with E-state index in [1.54, 1.807) is 18.2 Å². The van der Waals surface area contributed by atoms with Crippen LogP contribution in [0.1, 0.15) is 38.2 Å². The first-order valence-corrected chi connectivity index (χ1v) is 11.5. The van der Waals surface area contributed by atoms with Crippen molar-refractivity contribution in [2.75, 3.05) is 6.61 Å². The minimum absolute atomic E-state index is 0.218. The van der Waals surface area contributed by atoms with E-state index < -0.39 is 24.3 Å². The summed E-state index contributed by atoms with van der Waals surface area (Å²) in [7, 11) is 0. The van der Waals surface area contributed by atoms with Crippen LogP contribution in [0.15, 0.2) is 66.7 Å². The maximum atomic E-state index is 14.6. The SMILES string of the molecule is C/C=C/C1CCC(C#Cc2ccc(-c3ccc4c(F)c(OCC(F)(F)F)ccc4c3)cc2)CC1. The van der Waals surface area contributed by atoms with Gasteiger partial charge in [-0.05, 0) is 79.3 Å². The zero-order valence-corrected chi connectivity index (χ0v) is 19.0. The Morgan fingerprint density at radius 2 is 1.65 bits per heavy atom. The molecule has 0 aromatic heterocycles. The highest BCUT2D eigenvalue weighted by Crippen LogP contribution is 2.32. The van der Waals surface area contributed by atoms with Crippen LogP contribution in [-0.4, -0.2) is 12.8 Å². The molecule has 5 heteroatoms. The molecule has 1 aliphatic rings. The molecule has 3 aromatic carbocycles. The quantitative estimate of drug-likeness (QED) is 0.213. The predicted molar refractivity (Wildman–Crippen MR) is 128 cm³/mol. The third-order valence-electron chi connectivity index (χ3n) is 6.19. The Bertz CT molecular complexity index is 1220. The minimum Gasteiger partial charge on any atom is -0.481 e. The molecule has 0 saturated heterocycles. The number of benzene rings is 3. The van der Waals surface area contributed by atoms with Gasteiger partial charge in [-0.25, -0.2) is 4.39 Å². The second-order valence-electron chi connectivity index (χ2n) is 8.70. The van der Waals surface area contributed by atoms with Crippen LogP contribution in [0.2, 0.25) is 0 Å². The van der Waals surface area contributed by atoms with E-state index in [0.29, 0.717) is 17.2 Å². The summed E-state index contributed by atoms with van der Waals surface area (Å²) >= 11 is 0. The topological polar surface area (TPSA) is 9.23 Å². The first-order chi connectivity index (χ1) is 16.3. The number of halogens is 4. The Balaban J connectivity index is 1.45. The monoisotopic (exact) mass is 466 g/mol. The van der Waals surface area contributed by atoms with E-state index in [-0.39, 0.29) is 5.39 Å². The third kappa shape index (κ3) is 5.99. The summed E-state index contributed by atoms with van der Waals surface area (Å²) in [4.78, 5) is 0. The van der Waals surface area contributed by atoms with E-state index in [1.165, 1.54) is 18.9 Å². The number of allylic oxidation sites excluding steroid dienone is 2. The van der Waals surface area contributed by atoms with Crippen LogP contribution < -0.4 is 4.74 Å². The van der Waals surface area contributed by atoms with Gasteiger partial charge in [0.05, 0.1) is 0 Å². The van der Waals surface area contributed by atoms with Crippen molar-refractivity contribution >= 4 is 10.8 Å². The summed E-state index contributed by atoms with van der Waals surface area (Å²) in [5.41, 5.74) is 2.80. The molecule has 0 N–H and O–H groups in total. The van der Waals surface area contributed by atoms with Gasteiger partial charge in [-0.2, -0.15) is 13.2 Å². The summed E-state index contributed by atoms with van der Waals surface area (Å²) in [6.45, 7) is 0.541. The van der Waals surface area contributed by atoms with Crippen molar-refractivity contribution in [1.82, 2.24) is 0 Å². The fourth-order valence-electron chi connectivity index (χ4n) is 4.38. The van der Waals surface area contributed by atoms with E-state index in [4.69, 9.17) is 0 Å². The van der Waals surface area contributed by atoms with E-state index in [2.05, 4.69) is 35.7 Å². The lowest BCUT2D eigenvalue weighted by Gasteiger charge is -2.22. The van der Waals surface area contributed by atoms with Crippen LogP contribution in [0.3, 0.4) is 0 Å². The first-order valence-electron chi connectivity index (χ1n) is 11.5. The lowest BCUT2D eigenvalue weighted by atomic mass is 9.82. The highest BCUT2D eigenvalue weighted by Gasteiger charge is 2.29. The van der Waals surface area contributed by atoms with Crippen LogP contribution in [0, 0.1) is 29.5 Å². The average Bonchev–Trinajstić information content (AvgIpc) is 2.83. The van der Waals surface area contributed by atoms with E-state index in [0.717, 1.165) is 29.5 Å². The molecule has 0 amide bonds. The Hall–Kier alpha value is -3.26. The lowest BCUT2D eigenvalue weighted by molar-refractivity contribution is -0.153. The normalized spacial score (nSPS) is 18.6. The van der Waals surface area contributed by atoms with Gasteiger partial charge in [0.25, 0.3) is 0 Å². The number of hydrogen-bond acceptors (Lipinski definition) is 1. The molecule has 1 aliphatic carbocycles. The molecule has 0 atom stereocenters. The van der Waals surface area contributed by atoms with Crippen molar-refractivity contribution in [2.45, 2.75) is 38.8 Å². The average molecular weight is 467 g/mol. The van der Waals surface area contributed by atoms with Crippen molar-refractivity contribution in [3.8, 4) is 28.7 Å². The molecule has 0 spiro atoms. The van der Waals surface area contributed by atoms with Gasteiger partial charge in [-0.3, -0.25) is 0 Å². The third-order valence-corrected chi connectivity index (χ3v) is 6.19. The molecular formula is C29H26F4O. The lowest BCUT2D eigenvalue weighted by Crippen LogP contribution is -2.19. The zero-order valence-electron chi connectivity index (χ0n) is 19.0. The fraction of sp³-hybridized carbons (Fsp3) is 0.310. The molecule has 1 saturated carbocycles. The van der Waals surface area contributed by atoms with Crippen molar-refractivity contribution in [3.63, 3.8) is 0 Å². The maximum absolute atomic E-state index is 14.6. The maximum Gasteiger partial charge on any atom is 0.422 e. The number of alkyl halides is 3. The van der Waals surface area contributed by atoms with Gasteiger partial charge < -0.3 is 4.74 Å². The molecule has 0 unspecified atom stereocenters. The van der Waals surface area contributed by atoms with Gasteiger partial charge in [-0.1, -0.05) is 54.3 Å². The van der Waals surface area contributed by atoms with E-state index >= 15 is 0 Å². The minimum atomic E-state index is -4.52. The summed E-state index contributed by atoms with van der Waals surface area (Å²) in [6.07, 6.45) is 4.57. The van der Waals surface area contributed by atoms with Crippen molar-refractivity contribution < 1.29 is 22.3 Å². The highest BCUT2D eigenvalue weighted by atomic mass is 19.4. The van der Waals surface area contributed by atoms with Gasteiger partial charge in [0.1, 0.15) is 0 Å². The molecule has 0 bridgehead atoms. The van der Waals surface area contributed by atoms with Crippen molar-refractivity contribution in [2.24, 2.45) is 11.8 Å². The molecule has 3 aromatic rings. The predicted octanol–water partition coefficient (Wildman–Crippen LogP) is 8.32. The Labute approximate surface area is 197 Å². The zero-order chi connectivity index (χ0) is 24.1. The van der Waals surface area contributed by atoms with Crippen LogP contribution in [-0.2, 0) is 0 Å². The van der Waals surface area contributed by atoms with Gasteiger partial charge in [-0.15, -0.1) is 0 Å². The van der Waals surface area contributed by atoms with Crippen molar-refractivity contribution in [1.29, 1.82) is 0 Å². The molecule has 1 fully saturated rings. The van der Waals surface area contributed by atoms with E-state index in [9.17, 15) is 17.6 Å². The molecule has 176 valence electrons. The summed E-state index contributed by atoms with van der Waals surface area (Å²) in [5.74, 6) is 6.65. The number of fused-ring (bicyclic) bond motifs is 1. The van der Waals surface area contributed by atoms with Crippen molar-refractivity contribution in [3.05, 3.63) is 78.1 Å². The number of ether oxygens (including phenoxy) is 1. The van der Waals surface area contributed by atoms with Gasteiger partial charge >= 0.3 is 6.18 Å². The number of hydrogen-bond donors (Lipinski definition) is 0. The Morgan fingerprint density at radius 3 is 2.32 bits per heavy atom. The van der Waals surface area contributed by atoms with Crippen LogP contribution >= 0.6 is 0 Å².